The van der Waals surface area contributed by atoms with Gasteiger partial charge in [-0.2, -0.15) is 5.10 Å². The van der Waals surface area contributed by atoms with Crippen LogP contribution in [0.1, 0.15) is 21.5 Å². The Morgan fingerprint density at radius 3 is 2.59 bits per heavy atom. The van der Waals surface area contributed by atoms with Crippen LogP contribution in [0.3, 0.4) is 0 Å². The third-order valence-corrected chi connectivity index (χ3v) is 5.86. The van der Waals surface area contributed by atoms with Gasteiger partial charge >= 0.3 is 0 Å². The van der Waals surface area contributed by atoms with Gasteiger partial charge in [0.1, 0.15) is 11.5 Å². The minimum absolute atomic E-state index is 0.122. The predicted octanol–water partition coefficient (Wildman–Crippen LogP) is 5.32. The van der Waals surface area contributed by atoms with E-state index in [1.165, 1.54) is 35.6 Å². The lowest BCUT2D eigenvalue weighted by Gasteiger charge is -2.09. The summed E-state index contributed by atoms with van der Waals surface area (Å²) in [6.07, 6.45) is 3.66. The number of aromatic hydroxyl groups is 1. The van der Waals surface area contributed by atoms with Crippen LogP contribution < -0.4 is 10.2 Å². The second kappa shape index (κ2) is 9.11. The Morgan fingerprint density at radius 2 is 1.76 bits per heavy atom. The van der Waals surface area contributed by atoms with E-state index >= 15 is 0 Å². The van der Waals surface area contributed by atoms with Gasteiger partial charge in [-0.05, 0) is 34.5 Å². The summed E-state index contributed by atoms with van der Waals surface area (Å²) < 4.78 is 7.24. The molecule has 0 aliphatic carbocycles. The highest BCUT2D eigenvalue weighted by molar-refractivity contribution is 6.01. The van der Waals surface area contributed by atoms with Gasteiger partial charge in [-0.3, -0.25) is 4.79 Å². The number of carbonyl (C=O) groups excluding carboxylic acids is 1. The summed E-state index contributed by atoms with van der Waals surface area (Å²) in [7, 11) is 1.50. The molecule has 2 N–H and O–H groups in total. The number of rotatable bonds is 6. The third kappa shape index (κ3) is 4.09. The third-order valence-electron chi connectivity index (χ3n) is 5.86. The van der Waals surface area contributed by atoms with E-state index in [2.05, 4.69) is 57.6 Å². The largest absolute Gasteiger partial charge is 0.507 e. The van der Waals surface area contributed by atoms with Gasteiger partial charge in [0.25, 0.3) is 5.91 Å². The monoisotopic (exact) mass is 449 g/mol. The van der Waals surface area contributed by atoms with Crippen molar-refractivity contribution in [3.05, 3.63) is 108 Å². The Balaban J connectivity index is 1.41. The summed E-state index contributed by atoms with van der Waals surface area (Å²) in [4.78, 5) is 12.5. The van der Waals surface area contributed by atoms with Crippen molar-refractivity contribution in [3.8, 4) is 11.5 Å². The average Bonchev–Trinajstić information content (AvgIpc) is 3.21. The molecule has 0 unspecified atom stereocenters. The van der Waals surface area contributed by atoms with Crippen molar-refractivity contribution in [2.24, 2.45) is 5.10 Å². The summed E-state index contributed by atoms with van der Waals surface area (Å²) in [6, 6.07) is 27.3. The van der Waals surface area contributed by atoms with E-state index in [1.54, 1.807) is 12.3 Å². The molecular weight excluding hydrogens is 426 g/mol. The molecule has 1 amide bonds. The van der Waals surface area contributed by atoms with Gasteiger partial charge < -0.3 is 14.4 Å². The van der Waals surface area contributed by atoms with E-state index < -0.39 is 5.91 Å². The molecule has 0 fully saturated rings. The van der Waals surface area contributed by atoms with E-state index in [0.717, 1.165) is 16.5 Å². The molecule has 0 saturated carbocycles. The molecule has 6 nitrogen and oxygen atoms in total. The lowest BCUT2D eigenvalue weighted by Crippen LogP contribution is -2.17. The van der Waals surface area contributed by atoms with Crippen molar-refractivity contribution < 1.29 is 14.6 Å². The molecule has 4 aromatic carbocycles. The molecule has 0 bridgehead atoms. The number of nitrogens with zero attached hydrogens (tertiary/aromatic N) is 2. The number of amides is 1. The zero-order valence-electron chi connectivity index (χ0n) is 18.6. The zero-order chi connectivity index (χ0) is 23.5. The molecule has 0 atom stereocenters. The lowest BCUT2D eigenvalue weighted by atomic mass is 10.0. The average molecular weight is 450 g/mol. The first-order chi connectivity index (χ1) is 16.6. The number of hydrogen-bond donors (Lipinski definition) is 2. The lowest BCUT2D eigenvalue weighted by molar-refractivity contribution is 0.0952. The number of ether oxygens (including phenoxy) is 1. The van der Waals surface area contributed by atoms with Gasteiger partial charge in [0.15, 0.2) is 0 Å². The normalized spacial score (nSPS) is 11.3. The highest BCUT2D eigenvalue weighted by Crippen LogP contribution is 2.25. The minimum atomic E-state index is -0.504. The first kappa shape index (κ1) is 21.3. The summed E-state index contributed by atoms with van der Waals surface area (Å²) >= 11 is 0. The maximum Gasteiger partial charge on any atom is 0.275 e. The number of nitrogens with one attached hydrogen (secondary N) is 1. The molecule has 0 aliphatic heterocycles. The number of para-hydroxylation sites is 1. The minimum Gasteiger partial charge on any atom is -0.507 e. The first-order valence-corrected chi connectivity index (χ1v) is 10.9. The fraction of sp³-hybridized carbons (Fsp3) is 0.0714. The molecule has 0 aliphatic rings. The van der Waals surface area contributed by atoms with E-state index in [0.29, 0.717) is 12.3 Å². The van der Waals surface area contributed by atoms with Crippen molar-refractivity contribution in [3.63, 3.8) is 0 Å². The van der Waals surface area contributed by atoms with Crippen LogP contribution in [0.15, 0.2) is 96.2 Å². The SMILES string of the molecule is COc1ccc(C(=O)N/N=C\c2cn(Cc3cccc4ccccc34)c3ccccc23)c(O)c1. The van der Waals surface area contributed by atoms with Gasteiger partial charge in [-0.25, -0.2) is 5.43 Å². The maximum atomic E-state index is 12.5. The number of phenolic OH excluding ortho intramolecular Hbond substituents is 1. The summed E-state index contributed by atoms with van der Waals surface area (Å²) in [5, 5.41) is 17.7. The van der Waals surface area contributed by atoms with Crippen LogP contribution in [0, 0.1) is 0 Å². The topological polar surface area (TPSA) is 75.8 Å². The fourth-order valence-electron chi connectivity index (χ4n) is 4.17. The van der Waals surface area contributed by atoms with Crippen molar-refractivity contribution >= 4 is 33.8 Å². The van der Waals surface area contributed by atoms with Gasteiger partial charge in [0.05, 0.1) is 18.9 Å². The van der Waals surface area contributed by atoms with Crippen LogP contribution in [-0.4, -0.2) is 28.9 Å². The Bertz CT molecular complexity index is 1530. The summed E-state index contributed by atoms with van der Waals surface area (Å²) in [5.41, 5.74) is 5.81. The van der Waals surface area contributed by atoms with Crippen LogP contribution in [0.4, 0.5) is 0 Å². The number of hydrogen-bond acceptors (Lipinski definition) is 4. The van der Waals surface area contributed by atoms with Crippen molar-refractivity contribution in [2.75, 3.05) is 7.11 Å². The van der Waals surface area contributed by atoms with Crippen molar-refractivity contribution in [1.82, 2.24) is 9.99 Å². The molecule has 6 heteroatoms. The van der Waals surface area contributed by atoms with Gasteiger partial charge in [0, 0.05) is 35.3 Å². The molecule has 5 rings (SSSR count). The molecule has 1 heterocycles. The molecule has 168 valence electrons. The highest BCUT2D eigenvalue weighted by atomic mass is 16.5. The number of fused-ring (bicyclic) bond motifs is 2. The Hall–Kier alpha value is -4.58. The first-order valence-electron chi connectivity index (χ1n) is 10.9. The number of aromatic nitrogens is 1. The Labute approximate surface area is 196 Å². The quantitative estimate of drug-likeness (QED) is 0.272. The number of carbonyl (C=O) groups is 1. The Kier molecular flexibility index (Phi) is 5.70. The fourth-order valence-corrected chi connectivity index (χ4v) is 4.17. The Morgan fingerprint density at radius 1 is 1.00 bits per heavy atom. The second-order valence-electron chi connectivity index (χ2n) is 7.95. The molecule has 0 spiro atoms. The van der Waals surface area contributed by atoms with Crippen molar-refractivity contribution in [2.45, 2.75) is 6.54 Å². The van der Waals surface area contributed by atoms with E-state index in [-0.39, 0.29) is 11.3 Å². The molecule has 0 saturated heterocycles. The zero-order valence-corrected chi connectivity index (χ0v) is 18.6. The number of methoxy groups -OCH3 is 1. The van der Waals surface area contributed by atoms with E-state index in [4.69, 9.17) is 4.74 Å². The van der Waals surface area contributed by atoms with Crippen LogP contribution in [0.5, 0.6) is 11.5 Å². The van der Waals surface area contributed by atoms with Crippen molar-refractivity contribution in [1.29, 1.82) is 0 Å². The van der Waals surface area contributed by atoms with Crippen LogP contribution in [0.2, 0.25) is 0 Å². The number of phenols is 1. The molecule has 0 radical (unpaired) electrons. The summed E-state index contributed by atoms with van der Waals surface area (Å²) in [5.74, 6) is -0.203. The smallest absolute Gasteiger partial charge is 0.275 e. The maximum absolute atomic E-state index is 12.5. The van der Waals surface area contributed by atoms with E-state index in [9.17, 15) is 9.90 Å². The second-order valence-corrected chi connectivity index (χ2v) is 7.95. The predicted molar refractivity (Wildman–Crippen MR) is 135 cm³/mol. The highest BCUT2D eigenvalue weighted by Gasteiger charge is 2.12. The van der Waals surface area contributed by atoms with Crippen LogP contribution in [0.25, 0.3) is 21.7 Å². The molecule has 34 heavy (non-hydrogen) atoms. The van der Waals surface area contributed by atoms with E-state index in [1.807, 2.05) is 30.5 Å². The van der Waals surface area contributed by atoms with Gasteiger partial charge in [0.2, 0.25) is 0 Å². The standard InChI is InChI=1S/C28H23N3O3/c1-34-22-13-14-25(27(32)15-22)28(33)30-29-16-21-18-31(26-12-5-4-11-24(21)26)17-20-9-6-8-19-7-2-3-10-23(19)20/h2-16,18,32H,17H2,1H3,(H,30,33)/b29-16-. The van der Waals surface area contributed by atoms with Gasteiger partial charge in [-0.15, -0.1) is 0 Å². The molecule has 1 aromatic heterocycles. The number of benzene rings is 4. The van der Waals surface area contributed by atoms with Crippen LogP contribution >= 0.6 is 0 Å². The van der Waals surface area contributed by atoms with Crippen LogP contribution in [-0.2, 0) is 6.54 Å². The summed E-state index contributed by atoms with van der Waals surface area (Å²) in [6.45, 7) is 0.710. The molecule has 5 aromatic rings. The van der Waals surface area contributed by atoms with Gasteiger partial charge in [-0.1, -0.05) is 60.7 Å². The number of hydrazone groups is 1. The molecular formula is C28H23N3O3.